The lowest BCUT2D eigenvalue weighted by Gasteiger charge is -2.11. The smallest absolute Gasteiger partial charge is 0.338 e. The highest BCUT2D eigenvalue weighted by Crippen LogP contribution is 2.37. The fraction of sp³-hybridized carbons (Fsp3) is 0.308. The van der Waals surface area contributed by atoms with Gasteiger partial charge < -0.3 is 19.2 Å². The van der Waals surface area contributed by atoms with Crippen LogP contribution in [0.5, 0.6) is 5.75 Å². The Morgan fingerprint density at radius 3 is 2.59 bits per heavy atom. The highest BCUT2D eigenvalue weighted by Gasteiger charge is 2.20. The van der Waals surface area contributed by atoms with Gasteiger partial charge in [0.15, 0.2) is 0 Å². The molecule has 0 aliphatic heterocycles. The maximum absolute atomic E-state index is 12.6. The summed E-state index contributed by atoms with van der Waals surface area (Å²) in [6, 6.07) is 10.6. The van der Waals surface area contributed by atoms with Crippen LogP contribution in [0.1, 0.15) is 53.9 Å². The number of ether oxygens (including phenoxy) is 2. The Kier molecular flexibility index (Phi) is 6.30. The molecule has 0 radical (unpaired) electrons. The van der Waals surface area contributed by atoms with Crippen molar-refractivity contribution in [2.45, 2.75) is 39.5 Å². The van der Waals surface area contributed by atoms with Gasteiger partial charge in [0.05, 0.1) is 19.3 Å². The quantitative estimate of drug-likeness (QED) is 0.408. The Labute approximate surface area is 187 Å². The number of amides is 1. The maximum Gasteiger partial charge on any atom is 0.338 e. The number of carbonyl (C=O) groups excluding carboxylic acids is 2. The summed E-state index contributed by atoms with van der Waals surface area (Å²) < 4.78 is 16.6. The van der Waals surface area contributed by atoms with Crippen molar-refractivity contribution in [2.75, 3.05) is 19.0 Å². The van der Waals surface area contributed by atoms with Gasteiger partial charge >= 0.3 is 5.97 Å². The third kappa shape index (κ3) is 4.40. The monoisotopic (exact) mass is 433 g/mol. The maximum atomic E-state index is 12.6. The van der Waals surface area contributed by atoms with Crippen LogP contribution in [-0.2, 0) is 22.4 Å². The second-order valence-electron chi connectivity index (χ2n) is 7.87. The second-order valence-corrected chi connectivity index (χ2v) is 7.87. The summed E-state index contributed by atoms with van der Waals surface area (Å²) in [7, 11) is 1.62. The van der Waals surface area contributed by atoms with Gasteiger partial charge in [-0.1, -0.05) is 0 Å². The Bertz CT molecular complexity index is 1190. The highest BCUT2D eigenvalue weighted by molar-refractivity contribution is 6.05. The van der Waals surface area contributed by atoms with E-state index < -0.39 is 0 Å². The van der Waals surface area contributed by atoms with Crippen molar-refractivity contribution in [3.8, 4) is 5.75 Å². The van der Waals surface area contributed by atoms with Crippen LogP contribution < -0.4 is 10.1 Å². The van der Waals surface area contributed by atoms with E-state index in [-0.39, 0.29) is 11.9 Å². The standard InChI is InChI=1S/C26H27NO5/c1-4-31-26(29)17-9-11-18(12-10-17)27-25(28)13-16(2)20-14-21-19-7-5-6-8-22(19)32-24(21)15-23(20)30-3/h9-15H,4-8H2,1-3H3,(H,27,28)/b16-13+. The highest BCUT2D eigenvalue weighted by atomic mass is 16.5. The number of rotatable bonds is 6. The molecule has 0 fully saturated rings. The van der Waals surface area contributed by atoms with Crippen LogP contribution in [0.15, 0.2) is 46.9 Å². The number of methoxy groups -OCH3 is 1. The van der Waals surface area contributed by atoms with Crippen LogP contribution in [0.25, 0.3) is 16.5 Å². The molecule has 0 atom stereocenters. The molecule has 32 heavy (non-hydrogen) atoms. The van der Waals surface area contributed by atoms with Crippen LogP contribution in [0.2, 0.25) is 0 Å². The Morgan fingerprint density at radius 1 is 1.12 bits per heavy atom. The molecule has 166 valence electrons. The molecule has 0 unspecified atom stereocenters. The molecule has 2 aromatic carbocycles. The molecule has 1 aliphatic carbocycles. The molecule has 0 spiro atoms. The van der Waals surface area contributed by atoms with Gasteiger partial charge in [0.1, 0.15) is 17.1 Å². The van der Waals surface area contributed by atoms with Crippen LogP contribution >= 0.6 is 0 Å². The average molecular weight is 434 g/mol. The predicted octanol–water partition coefficient (Wildman–Crippen LogP) is 5.54. The van der Waals surface area contributed by atoms with Gasteiger partial charge in [0.25, 0.3) is 0 Å². The fourth-order valence-corrected chi connectivity index (χ4v) is 4.12. The van der Waals surface area contributed by atoms with Gasteiger partial charge in [-0.05, 0) is 69.0 Å². The van der Waals surface area contributed by atoms with Crippen LogP contribution in [-0.4, -0.2) is 25.6 Å². The lowest BCUT2D eigenvalue weighted by atomic mass is 9.94. The number of allylic oxidation sites excluding steroid dienone is 1. The number of anilines is 1. The van der Waals surface area contributed by atoms with Crippen LogP contribution in [0.3, 0.4) is 0 Å². The van der Waals surface area contributed by atoms with Gasteiger partial charge in [0, 0.05) is 40.8 Å². The number of furan rings is 1. The zero-order valence-electron chi connectivity index (χ0n) is 18.6. The van der Waals surface area contributed by atoms with Crippen molar-refractivity contribution in [2.24, 2.45) is 0 Å². The number of nitrogens with one attached hydrogen (secondary N) is 1. The van der Waals surface area contributed by atoms with E-state index in [1.54, 1.807) is 44.4 Å². The topological polar surface area (TPSA) is 77.8 Å². The average Bonchev–Trinajstić information content (AvgIpc) is 3.16. The number of benzene rings is 2. The minimum Gasteiger partial charge on any atom is -0.496 e. The van der Waals surface area contributed by atoms with Gasteiger partial charge in [-0.2, -0.15) is 0 Å². The third-order valence-corrected chi connectivity index (χ3v) is 5.71. The summed E-state index contributed by atoms with van der Waals surface area (Å²) in [6.07, 6.45) is 5.84. The van der Waals surface area contributed by atoms with Gasteiger partial charge in [-0.3, -0.25) is 4.79 Å². The minimum atomic E-state index is -0.384. The first-order chi connectivity index (χ1) is 15.5. The Hall–Kier alpha value is -3.54. The third-order valence-electron chi connectivity index (χ3n) is 5.71. The molecule has 1 heterocycles. The zero-order chi connectivity index (χ0) is 22.7. The largest absolute Gasteiger partial charge is 0.496 e. The van der Waals surface area contributed by atoms with E-state index in [9.17, 15) is 9.59 Å². The molecule has 6 nitrogen and oxygen atoms in total. The first kappa shape index (κ1) is 21.7. The molecule has 0 saturated carbocycles. The van der Waals surface area contributed by atoms with E-state index in [0.717, 1.165) is 53.5 Å². The number of carbonyl (C=O) groups is 2. The molecular weight excluding hydrogens is 406 g/mol. The van der Waals surface area contributed by atoms with Crippen LogP contribution in [0, 0.1) is 0 Å². The van der Waals surface area contributed by atoms with Crippen LogP contribution in [0.4, 0.5) is 5.69 Å². The van der Waals surface area contributed by atoms with Gasteiger partial charge in [-0.15, -0.1) is 0 Å². The first-order valence-electron chi connectivity index (χ1n) is 10.9. The van der Waals surface area contributed by atoms with E-state index in [0.29, 0.717) is 23.6 Å². The zero-order valence-corrected chi connectivity index (χ0v) is 18.6. The fourth-order valence-electron chi connectivity index (χ4n) is 4.12. The number of aryl methyl sites for hydroxylation is 2. The Morgan fingerprint density at radius 2 is 1.88 bits per heavy atom. The first-order valence-corrected chi connectivity index (χ1v) is 10.9. The summed E-state index contributed by atoms with van der Waals surface area (Å²) in [5.74, 6) is 1.09. The van der Waals surface area contributed by atoms with E-state index in [1.807, 2.05) is 13.0 Å². The van der Waals surface area contributed by atoms with Gasteiger partial charge in [0.2, 0.25) is 5.91 Å². The minimum absolute atomic E-state index is 0.261. The van der Waals surface area contributed by atoms with E-state index in [4.69, 9.17) is 13.9 Å². The molecule has 4 rings (SSSR count). The number of fused-ring (bicyclic) bond motifs is 3. The predicted molar refractivity (Wildman–Crippen MR) is 124 cm³/mol. The molecule has 3 aromatic rings. The molecule has 1 aromatic heterocycles. The SMILES string of the molecule is CCOC(=O)c1ccc(NC(=O)/C=C(\C)c2cc3c4c(oc3cc2OC)CCCC4)cc1. The van der Waals surface area contributed by atoms with Crippen molar-refractivity contribution in [3.05, 3.63) is 64.9 Å². The lowest BCUT2D eigenvalue weighted by molar-refractivity contribution is -0.111. The molecule has 0 saturated heterocycles. The normalized spacial score (nSPS) is 13.5. The number of hydrogen-bond donors (Lipinski definition) is 1. The molecule has 6 heteroatoms. The summed E-state index contributed by atoms with van der Waals surface area (Å²) in [5, 5.41) is 3.93. The molecule has 1 amide bonds. The molecule has 1 aliphatic rings. The van der Waals surface area contributed by atoms with E-state index in [1.165, 1.54) is 5.56 Å². The van der Waals surface area contributed by atoms with Gasteiger partial charge in [-0.25, -0.2) is 4.79 Å². The molecule has 0 bridgehead atoms. The summed E-state index contributed by atoms with van der Waals surface area (Å²) >= 11 is 0. The second kappa shape index (κ2) is 9.30. The van der Waals surface area contributed by atoms with Crippen molar-refractivity contribution in [1.82, 2.24) is 0 Å². The summed E-state index contributed by atoms with van der Waals surface area (Å²) in [5.41, 5.74) is 4.79. The van der Waals surface area contributed by atoms with Crippen molar-refractivity contribution < 1.29 is 23.5 Å². The Balaban J connectivity index is 1.56. The molecule has 1 N–H and O–H groups in total. The summed E-state index contributed by atoms with van der Waals surface area (Å²) in [6.45, 7) is 3.97. The number of esters is 1. The number of hydrogen-bond acceptors (Lipinski definition) is 5. The lowest BCUT2D eigenvalue weighted by Crippen LogP contribution is -2.09. The van der Waals surface area contributed by atoms with Crippen molar-refractivity contribution in [3.63, 3.8) is 0 Å². The van der Waals surface area contributed by atoms with E-state index in [2.05, 4.69) is 11.4 Å². The van der Waals surface area contributed by atoms with Crippen molar-refractivity contribution in [1.29, 1.82) is 0 Å². The molecular formula is C26H27NO5. The van der Waals surface area contributed by atoms with Crippen molar-refractivity contribution >= 4 is 34.1 Å². The summed E-state index contributed by atoms with van der Waals surface area (Å²) in [4.78, 5) is 24.4. The van der Waals surface area contributed by atoms with E-state index >= 15 is 0 Å².